The van der Waals surface area contributed by atoms with Gasteiger partial charge in [0.25, 0.3) is 5.91 Å². The minimum absolute atomic E-state index is 0.288. The standard InChI is InChI=1S/C25H29F3N2O3/c1-4-19(21(5-2)29(3)18-10-11-18)24(17-31)12-14-30(15-13-24)23(32)16-33-22-9-7-6-8-20(22)25(26,27)28/h4-9,17-18H,1-2,10-16H2,3H3/b21-19-. The van der Waals surface area contributed by atoms with Gasteiger partial charge in [-0.2, -0.15) is 13.2 Å². The van der Waals surface area contributed by atoms with Gasteiger partial charge >= 0.3 is 6.18 Å². The predicted octanol–water partition coefficient (Wildman–Crippen LogP) is 4.61. The molecule has 1 aromatic rings. The normalized spacial score (nSPS) is 18.7. The van der Waals surface area contributed by atoms with Crippen LogP contribution in [0.25, 0.3) is 0 Å². The fourth-order valence-electron chi connectivity index (χ4n) is 4.33. The van der Waals surface area contributed by atoms with E-state index >= 15 is 0 Å². The maximum atomic E-state index is 13.1. The van der Waals surface area contributed by atoms with E-state index in [4.69, 9.17) is 4.74 Å². The molecule has 2 aliphatic rings. The summed E-state index contributed by atoms with van der Waals surface area (Å²) in [6.07, 6.45) is 2.74. The van der Waals surface area contributed by atoms with Crippen molar-refractivity contribution in [2.75, 3.05) is 26.7 Å². The van der Waals surface area contributed by atoms with Gasteiger partial charge in [-0.25, -0.2) is 0 Å². The summed E-state index contributed by atoms with van der Waals surface area (Å²) in [6.45, 7) is 7.91. The number of hydrogen-bond donors (Lipinski definition) is 0. The van der Waals surface area contributed by atoms with Gasteiger partial charge in [0.05, 0.1) is 11.0 Å². The fraction of sp³-hybridized carbons (Fsp3) is 0.440. The Morgan fingerprint density at radius 2 is 1.85 bits per heavy atom. The molecule has 1 saturated carbocycles. The molecule has 2 fully saturated rings. The fourth-order valence-corrected chi connectivity index (χ4v) is 4.33. The van der Waals surface area contributed by atoms with E-state index in [-0.39, 0.29) is 18.8 Å². The van der Waals surface area contributed by atoms with Crippen molar-refractivity contribution in [3.8, 4) is 5.75 Å². The summed E-state index contributed by atoms with van der Waals surface area (Å²) < 4.78 is 44.6. The van der Waals surface area contributed by atoms with Crippen LogP contribution in [0.3, 0.4) is 0 Å². The van der Waals surface area contributed by atoms with Crippen LogP contribution in [-0.4, -0.2) is 54.8 Å². The summed E-state index contributed by atoms with van der Waals surface area (Å²) >= 11 is 0. The molecule has 178 valence electrons. The van der Waals surface area contributed by atoms with E-state index in [0.717, 1.165) is 36.5 Å². The number of halogens is 3. The van der Waals surface area contributed by atoms with Gasteiger partial charge in [0.15, 0.2) is 6.61 Å². The van der Waals surface area contributed by atoms with Crippen molar-refractivity contribution in [1.82, 2.24) is 9.80 Å². The van der Waals surface area contributed by atoms with Gasteiger partial charge in [-0.05, 0) is 49.5 Å². The van der Waals surface area contributed by atoms with Crippen LogP contribution in [0.5, 0.6) is 5.75 Å². The number of amides is 1. The Labute approximate surface area is 192 Å². The topological polar surface area (TPSA) is 49.9 Å². The molecule has 5 nitrogen and oxygen atoms in total. The number of carbonyl (C=O) groups is 2. The molecule has 3 rings (SSSR count). The number of nitrogens with zero attached hydrogens (tertiary/aromatic N) is 2. The molecule has 0 unspecified atom stereocenters. The number of ether oxygens (including phenoxy) is 1. The van der Waals surface area contributed by atoms with Gasteiger partial charge in [-0.3, -0.25) is 4.79 Å². The molecule has 1 heterocycles. The third-order valence-electron chi connectivity index (χ3n) is 6.46. The smallest absolute Gasteiger partial charge is 0.419 e. The summed E-state index contributed by atoms with van der Waals surface area (Å²) in [4.78, 5) is 28.6. The van der Waals surface area contributed by atoms with Crippen molar-refractivity contribution in [3.05, 3.63) is 66.4 Å². The van der Waals surface area contributed by atoms with Crippen LogP contribution in [0.2, 0.25) is 0 Å². The van der Waals surface area contributed by atoms with Gasteiger partial charge in [-0.1, -0.05) is 31.4 Å². The Balaban J connectivity index is 1.69. The number of aldehydes is 1. The van der Waals surface area contributed by atoms with Gasteiger partial charge in [0.2, 0.25) is 0 Å². The Hall–Kier alpha value is -3.03. The molecule has 1 saturated heterocycles. The molecular formula is C25H29F3N2O3. The lowest BCUT2D eigenvalue weighted by atomic mass is 9.72. The third kappa shape index (κ3) is 5.31. The molecule has 0 N–H and O–H groups in total. The molecule has 8 heteroatoms. The molecule has 33 heavy (non-hydrogen) atoms. The second-order valence-electron chi connectivity index (χ2n) is 8.49. The Bertz CT molecular complexity index is 942. The average molecular weight is 463 g/mol. The van der Waals surface area contributed by atoms with Crippen LogP contribution in [-0.2, 0) is 15.8 Å². The van der Waals surface area contributed by atoms with E-state index in [1.165, 1.54) is 23.1 Å². The van der Waals surface area contributed by atoms with E-state index in [9.17, 15) is 22.8 Å². The van der Waals surface area contributed by atoms with E-state index in [1.807, 2.05) is 7.05 Å². The second-order valence-corrected chi connectivity index (χ2v) is 8.49. The van der Waals surface area contributed by atoms with Crippen LogP contribution in [0.1, 0.15) is 31.2 Å². The van der Waals surface area contributed by atoms with E-state index in [2.05, 4.69) is 18.1 Å². The zero-order chi connectivity index (χ0) is 24.2. The quantitative estimate of drug-likeness (QED) is 0.397. The van der Waals surface area contributed by atoms with Gasteiger partial charge in [0, 0.05) is 31.9 Å². The highest BCUT2D eigenvalue weighted by Gasteiger charge is 2.41. The molecule has 0 spiro atoms. The number of hydrogen-bond acceptors (Lipinski definition) is 4. The van der Waals surface area contributed by atoms with Crippen molar-refractivity contribution in [1.29, 1.82) is 0 Å². The van der Waals surface area contributed by atoms with Crippen LogP contribution in [0.4, 0.5) is 13.2 Å². The number of piperidine rings is 1. The highest BCUT2D eigenvalue weighted by Crippen LogP contribution is 2.42. The number of para-hydroxylation sites is 1. The minimum atomic E-state index is -4.57. The largest absolute Gasteiger partial charge is 0.483 e. The highest BCUT2D eigenvalue weighted by molar-refractivity contribution is 5.78. The molecule has 1 amide bonds. The number of rotatable bonds is 9. The lowest BCUT2D eigenvalue weighted by Crippen LogP contribution is -2.46. The molecule has 1 aliphatic heterocycles. The first-order valence-electron chi connectivity index (χ1n) is 10.9. The number of carbonyl (C=O) groups excluding carboxylic acids is 2. The maximum absolute atomic E-state index is 13.1. The number of alkyl halides is 3. The SMILES string of the molecule is C=C/C(=C(\C=C)C1(C=O)CCN(C(=O)COc2ccccc2C(F)(F)F)CC1)N(C)C1CC1. The zero-order valence-corrected chi connectivity index (χ0v) is 18.7. The lowest BCUT2D eigenvalue weighted by molar-refractivity contribution is -0.141. The van der Waals surface area contributed by atoms with Crippen molar-refractivity contribution in [2.24, 2.45) is 5.41 Å². The maximum Gasteiger partial charge on any atom is 0.419 e. The summed E-state index contributed by atoms with van der Waals surface area (Å²) in [5.74, 6) is -0.803. The molecular weight excluding hydrogens is 433 g/mol. The number of benzene rings is 1. The summed E-state index contributed by atoms with van der Waals surface area (Å²) in [5, 5.41) is 0. The molecule has 1 aliphatic carbocycles. The minimum Gasteiger partial charge on any atom is -0.483 e. The molecule has 0 aromatic heterocycles. The predicted molar refractivity (Wildman–Crippen MR) is 119 cm³/mol. The molecule has 0 atom stereocenters. The van der Waals surface area contributed by atoms with E-state index < -0.39 is 29.7 Å². The molecule has 0 bridgehead atoms. The summed E-state index contributed by atoms with van der Waals surface area (Å²) in [7, 11) is 1.98. The van der Waals surface area contributed by atoms with Crippen molar-refractivity contribution in [2.45, 2.75) is 37.9 Å². The summed E-state index contributed by atoms with van der Waals surface area (Å²) in [6, 6.07) is 5.23. The highest BCUT2D eigenvalue weighted by atomic mass is 19.4. The van der Waals surface area contributed by atoms with E-state index in [0.29, 0.717) is 18.9 Å². The zero-order valence-electron chi connectivity index (χ0n) is 18.7. The average Bonchev–Trinajstić information content (AvgIpc) is 3.66. The number of likely N-dealkylation sites (tertiary alicyclic amines) is 1. The monoisotopic (exact) mass is 462 g/mol. The summed E-state index contributed by atoms with van der Waals surface area (Å²) in [5.41, 5.74) is -0.0562. The Morgan fingerprint density at radius 3 is 2.36 bits per heavy atom. The van der Waals surface area contributed by atoms with Gasteiger partial charge < -0.3 is 19.3 Å². The van der Waals surface area contributed by atoms with Crippen LogP contribution < -0.4 is 4.74 Å². The lowest BCUT2D eigenvalue weighted by Gasteiger charge is -2.40. The first kappa shape index (κ1) is 24.6. The van der Waals surface area contributed by atoms with Crippen molar-refractivity contribution in [3.63, 3.8) is 0 Å². The van der Waals surface area contributed by atoms with Crippen molar-refractivity contribution >= 4 is 12.2 Å². The van der Waals surface area contributed by atoms with Gasteiger partial charge in [-0.15, -0.1) is 0 Å². The number of allylic oxidation sites excluding steroid dienone is 3. The first-order valence-corrected chi connectivity index (χ1v) is 10.9. The Morgan fingerprint density at radius 1 is 1.21 bits per heavy atom. The van der Waals surface area contributed by atoms with Crippen LogP contribution >= 0.6 is 0 Å². The molecule has 0 radical (unpaired) electrons. The van der Waals surface area contributed by atoms with E-state index in [1.54, 1.807) is 12.2 Å². The molecule has 1 aromatic carbocycles. The van der Waals surface area contributed by atoms with Gasteiger partial charge in [0.1, 0.15) is 12.0 Å². The van der Waals surface area contributed by atoms with Crippen LogP contribution in [0.15, 0.2) is 60.8 Å². The Kier molecular flexibility index (Phi) is 7.34. The first-order chi connectivity index (χ1) is 15.7. The number of likely N-dealkylation sites (N-methyl/N-ethyl adjacent to an activating group) is 1. The second kappa shape index (κ2) is 9.85. The van der Waals surface area contributed by atoms with Crippen LogP contribution in [0, 0.1) is 5.41 Å². The van der Waals surface area contributed by atoms with Crippen molar-refractivity contribution < 1.29 is 27.5 Å². The third-order valence-corrected chi connectivity index (χ3v) is 6.46.